The Morgan fingerprint density at radius 2 is 1.76 bits per heavy atom. The molecule has 1 aromatic carbocycles. The fourth-order valence-corrected chi connectivity index (χ4v) is 5.45. The quantitative estimate of drug-likeness (QED) is 0.837. The summed E-state index contributed by atoms with van der Waals surface area (Å²) in [7, 11) is -1.34. The Morgan fingerprint density at radius 1 is 1.08 bits per heavy atom. The van der Waals surface area contributed by atoms with E-state index >= 15 is 0 Å². The molecule has 0 amide bonds. The SMILES string of the molecule is Cc1ccc(S(=O)(=O)NCC(c2ccccc2)N2CCN(C)CC2)s1. The van der Waals surface area contributed by atoms with Gasteiger partial charge in [-0.05, 0) is 31.7 Å². The zero-order chi connectivity index (χ0) is 17.9. The number of piperazine rings is 1. The average Bonchev–Trinajstić information content (AvgIpc) is 3.05. The van der Waals surface area contributed by atoms with Gasteiger partial charge in [0.15, 0.2) is 0 Å². The second-order valence-electron chi connectivity index (χ2n) is 6.48. The number of nitrogens with zero attached hydrogens (tertiary/aromatic N) is 2. The molecule has 1 N–H and O–H groups in total. The summed E-state index contributed by atoms with van der Waals surface area (Å²) in [6, 6.07) is 13.7. The summed E-state index contributed by atoms with van der Waals surface area (Å²) < 4.78 is 28.4. The van der Waals surface area contributed by atoms with Gasteiger partial charge >= 0.3 is 0 Å². The average molecular weight is 380 g/mol. The van der Waals surface area contributed by atoms with E-state index in [0.29, 0.717) is 10.8 Å². The van der Waals surface area contributed by atoms with Crippen molar-refractivity contribution in [1.82, 2.24) is 14.5 Å². The lowest BCUT2D eigenvalue weighted by atomic mass is 10.0. The first-order valence-corrected chi connectivity index (χ1v) is 10.8. The van der Waals surface area contributed by atoms with Gasteiger partial charge in [-0.2, -0.15) is 0 Å². The second-order valence-corrected chi connectivity index (χ2v) is 9.76. The van der Waals surface area contributed by atoms with Crippen LogP contribution in [0.25, 0.3) is 0 Å². The lowest BCUT2D eigenvalue weighted by Crippen LogP contribution is -2.48. The van der Waals surface area contributed by atoms with Crippen molar-refractivity contribution in [3.63, 3.8) is 0 Å². The number of hydrogen-bond donors (Lipinski definition) is 1. The molecule has 136 valence electrons. The summed E-state index contributed by atoms with van der Waals surface area (Å²) in [5.74, 6) is 0. The first-order chi connectivity index (χ1) is 12.0. The molecule has 0 spiro atoms. The molecule has 2 heterocycles. The van der Waals surface area contributed by atoms with E-state index in [1.165, 1.54) is 11.3 Å². The Labute approximate surface area is 154 Å². The standard InChI is InChI=1S/C18H25N3O2S2/c1-15-8-9-18(24-15)25(22,23)19-14-17(16-6-4-3-5-7-16)21-12-10-20(2)11-13-21/h3-9,17,19H,10-14H2,1-2H3. The number of thiophene rings is 1. The summed E-state index contributed by atoms with van der Waals surface area (Å²) in [6.45, 7) is 6.18. The lowest BCUT2D eigenvalue weighted by Gasteiger charge is -2.38. The molecule has 0 bridgehead atoms. The highest BCUT2D eigenvalue weighted by molar-refractivity contribution is 7.91. The van der Waals surface area contributed by atoms with Gasteiger partial charge in [-0.15, -0.1) is 11.3 Å². The first kappa shape index (κ1) is 18.5. The van der Waals surface area contributed by atoms with Gasteiger partial charge in [0.1, 0.15) is 4.21 Å². The van der Waals surface area contributed by atoms with Crippen molar-refractivity contribution in [3.8, 4) is 0 Å². The summed E-state index contributed by atoms with van der Waals surface area (Å²) in [5.41, 5.74) is 1.15. The number of hydrogen-bond acceptors (Lipinski definition) is 5. The third kappa shape index (κ3) is 4.68. The molecule has 3 rings (SSSR count). The van der Waals surface area contributed by atoms with Crippen LogP contribution in [0.4, 0.5) is 0 Å². The van der Waals surface area contributed by atoms with Crippen molar-refractivity contribution in [1.29, 1.82) is 0 Å². The van der Waals surface area contributed by atoms with Crippen LogP contribution in [0.15, 0.2) is 46.7 Å². The molecule has 2 aromatic rings. The molecule has 1 fully saturated rings. The summed E-state index contributed by atoms with van der Waals surface area (Å²) in [4.78, 5) is 5.67. The van der Waals surface area contributed by atoms with E-state index in [2.05, 4.69) is 33.7 Å². The molecule has 1 saturated heterocycles. The zero-order valence-corrected chi connectivity index (χ0v) is 16.3. The van der Waals surface area contributed by atoms with Crippen molar-refractivity contribution < 1.29 is 8.42 Å². The van der Waals surface area contributed by atoms with Gasteiger partial charge in [0.2, 0.25) is 10.0 Å². The minimum atomic E-state index is -3.46. The highest BCUT2D eigenvalue weighted by Gasteiger charge is 2.26. The summed E-state index contributed by atoms with van der Waals surface area (Å²) >= 11 is 1.31. The van der Waals surface area contributed by atoms with Crippen LogP contribution < -0.4 is 4.72 Å². The predicted octanol–water partition coefficient (Wildman–Crippen LogP) is 2.32. The van der Waals surface area contributed by atoms with Crippen LogP contribution in [-0.2, 0) is 10.0 Å². The maximum Gasteiger partial charge on any atom is 0.250 e. The fourth-order valence-electron chi connectivity index (χ4n) is 3.08. The molecule has 0 aliphatic carbocycles. The maximum absolute atomic E-state index is 12.6. The Balaban J connectivity index is 1.76. The van der Waals surface area contributed by atoms with Gasteiger partial charge in [-0.25, -0.2) is 13.1 Å². The number of rotatable bonds is 6. The Bertz CT molecular complexity index is 782. The maximum atomic E-state index is 12.6. The van der Waals surface area contributed by atoms with E-state index in [4.69, 9.17) is 0 Å². The highest BCUT2D eigenvalue weighted by atomic mass is 32.2. The fraction of sp³-hybridized carbons (Fsp3) is 0.444. The van der Waals surface area contributed by atoms with E-state index in [0.717, 1.165) is 36.6 Å². The van der Waals surface area contributed by atoms with Gasteiger partial charge in [0.25, 0.3) is 0 Å². The van der Waals surface area contributed by atoms with Crippen LogP contribution in [0.3, 0.4) is 0 Å². The molecule has 7 heteroatoms. The molecule has 1 aromatic heterocycles. The van der Waals surface area contributed by atoms with Gasteiger partial charge in [-0.3, -0.25) is 4.90 Å². The van der Waals surface area contributed by atoms with Crippen LogP contribution in [0.2, 0.25) is 0 Å². The molecule has 0 radical (unpaired) electrons. The smallest absolute Gasteiger partial charge is 0.250 e. The first-order valence-electron chi connectivity index (χ1n) is 8.49. The molecule has 1 atom stereocenters. The monoisotopic (exact) mass is 379 g/mol. The minimum absolute atomic E-state index is 0.0470. The number of aryl methyl sites for hydroxylation is 1. The Hall–Kier alpha value is -1.25. The lowest BCUT2D eigenvalue weighted by molar-refractivity contribution is 0.113. The zero-order valence-electron chi connectivity index (χ0n) is 14.7. The van der Waals surface area contributed by atoms with Gasteiger partial charge in [0.05, 0.1) is 0 Å². The van der Waals surface area contributed by atoms with Crippen molar-refractivity contribution in [2.24, 2.45) is 0 Å². The van der Waals surface area contributed by atoms with E-state index in [1.807, 2.05) is 31.2 Å². The van der Waals surface area contributed by atoms with E-state index < -0.39 is 10.0 Å². The largest absolute Gasteiger partial charge is 0.304 e. The highest BCUT2D eigenvalue weighted by Crippen LogP contribution is 2.24. The van der Waals surface area contributed by atoms with E-state index in [9.17, 15) is 8.42 Å². The van der Waals surface area contributed by atoms with Crippen molar-refractivity contribution in [2.75, 3.05) is 39.8 Å². The van der Waals surface area contributed by atoms with Crippen molar-refractivity contribution in [3.05, 3.63) is 52.9 Å². The van der Waals surface area contributed by atoms with Crippen LogP contribution in [0, 0.1) is 6.92 Å². The molecule has 1 unspecified atom stereocenters. The van der Waals surface area contributed by atoms with Crippen LogP contribution in [-0.4, -0.2) is 58.0 Å². The number of nitrogens with one attached hydrogen (secondary N) is 1. The normalized spacial score (nSPS) is 18.3. The Morgan fingerprint density at radius 3 is 2.36 bits per heavy atom. The van der Waals surface area contributed by atoms with Crippen LogP contribution >= 0.6 is 11.3 Å². The minimum Gasteiger partial charge on any atom is -0.304 e. The molecule has 25 heavy (non-hydrogen) atoms. The number of benzene rings is 1. The third-order valence-electron chi connectivity index (χ3n) is 4.61. The number of sulfonamides is 1. The third-order valence-corrected chi connectivity index (χ3v) is 7.53. The molecule has 5 nitrogen and oxygen atoms in total. The molecule has 1 aliphatic heterocycles. The summed E-state index contributed by atoms with van der Waals surface area (Å²) in [5, 5.41) is 0. The molecule has 0 saturated carbocycles. The van der Waals surface area contributed by atoms with E-state index in [-0.39, 0.29) is 6.04 Å². The van der Waals surface area contributed by atoms with Gasteiger partial charge in [-0.1, -0.05) is 30.3 Å². The number of likely N-dealkylation sites (N-methyl/N-ethyl adjacent to an activating group) is 1. The van der Waals surface area contributed by atoms with Crippen LogP contribution in [0.5, 0.6) is 0 Å². The second kappa shape index (κ2) is 7.97. The Kier molecular flexibility index (Phi) is 5.91. The molecule has 1 aliphatic rings. The van der Waals surface area contributed by atoms with Crippen molar-refractivity contribution >= 4 is 21.4 Å². The molecular formula is C18H25N3O2S2. The predicted molar refractivity (Wildman–Crippen MR) is 102 cm³/mol. The van der Waals surface area contributed by atoms with E-state index in [1.54, 1.807) is 6.07 Å². The summed E-state index contributed by atoms with van der Waals surface area (Å²) in [6.07, 6.45) is 0. The van der Waals surface area contributed by atoms with Crippen molar-refractivity contribution in [2.45, 2.75) is 17.2 Å². The topological polar surface area (TPSA) is 52.7 Å². The van der Waals surface area contributed by atoms with Gasteiger partial charge in [0, 0.05) is 43.6 Å². The van der Waals surface area contributed by atoms with Gasteiger partial charge < -0.3 is 4.90 Å². The van der Waals surface area contributed by atoms with Crippen LogP contribution in [0.1, 0.15) is 16.5 Å². The molecular weight excluding hydrogens is 354 g/mol.